The lowest BCUT2D eigenvalue weighted by Crippen LogP contribution is -2.08. The van der Waals surface area contributed by atoms with Crippen LogP contribution in [0.25, 0.3) is 11.1 Å². The topological polar surface area (TPSA) is 79.5 Å². The first-order valence-corrected chi connectivity index (χ1v) is 8.68. The minimum Gasteiger partial charge on any atom is -0.267 e. The Hall–Kier alpha value is -2.65. The lowest BCUT2D eigenvalue weighted by molar-refractivity contribution is 0.339. The first-order valence-electron chi connectivity index (χ1n) is 7.11. The number of nitrogens with zero attached hydrogens (tertiary/aromatic N) is 2. The van der Waals surface area contributed by atoms with Crippen LogP contribution in [0.2, 0.25) is 0 Å². The smallest absolute Gasteiger partial charge is 0.267 e. The van der Waals surface area contributed by atoms with Crippen molar-refractivity contribution < 1.29 is 12.7 Å². The van der Waals surface area contributed by atoms with Gasteiger partial charge in [-0.25, -0.2) is 0 Å². The summed E-state index contributed by atoms with van der Waals surface area (Å²) in [6.07, 6.45) is 0.422. The zero-order valence-corrected chi connectivity index (χ0v) is 13.5. The average Bonchev–Trinajstić information content (AvgIpc) is 2.57. The minimum atomic E-state index is -3.73. The maximum atomic E-state index is 11.5. The van der Waals surface area contributed by atoms with E-state index in [1.165, 1.54) is 0 Å². The molecule has 0 aliphatic carbocycles. The lowest BCUT2D eigenvalue weighted by atomic mass is 10.0. The summed E-state index contributed by atoms with van der Waals surface area (Å²) in [5.41, 5.74) is 2.46. The molecule has 0 aliphatic heterocycles. The summed E-state index contributed by atoms with van der Waals surface area (Å²) in [5, 5.41) is 12.6. The minimum absolute atomic E-state index is 0.0794. The Morgan fingerprint density at radius 2 is 1.70 bits per heavy atom. The Morgan fingerprint density at radius 3 is 2.26 bits per heavy atom. The highest BCUT2D eigenvalue weighted by atomic mass is 32.2. The number of oxime groups is 1. The molecule has 0 fully saturated rings. The highest BCUT2D eigenvalue weighted by Crippen LogP contribution is 2.19. The van der Waals surface area contributed by atoms with E-state index >= 15 is 0 Å². The molecule has 6 heteroatoms. The molecule has 0 atom stereocenters. The molecular formula is C17H16N2O3S. The summed E-state index contributed by atoms with van der Waals surface area (Å²) >= 11 is 0. The molecule has 0 radical (unpaired) electrons. The van der Waals surface area contributed by atoms with Crippen LogP contribution in [0.3, 0.4) is 0 Å². The van der Waals surface area contributed by atoms with E-state index in [1.807, 2.05) is 48.5 Å². The fourth-order valence-electron chi connectivity index (χ4n) is 1.97. The standard InChI is InChI=1S/C17H16N2O3S/c1-2-12-23(20,21)22-19-17(13-18)16-10-8-15(9-11-16)14-6-4-3-5-7-14/h3-11H,2,12H2,1H3. The van der Waals surface area contributed by atoms with Crippen molar-refractivity contribution in [2.75, 3.05) is 5.75 Å². The third kappa shape index (κ3) is 4.66. The van der Waals surface area contributed by atoms with Crippen LogP contribution in [0.5, 0.6) is 0 Å². The van der Waals surface area contributed by atoms with Gasteiger partial charge in [-0.2, -0.15) is 13.7 Å². The van der Waals surface area contributed by atoms with Gasteiger partial charge in [0, 0.05) is 5.56 Å². The number of nitriles is 1. The van der Waals surface area contributed by atoms with Crippen LogP contribution in [0.15, 0.2) is 59.8 Å². The summed E-state index contributed by atoms with van der Waals surface area (Å²) in [4.78, 5) is 0. The fourth-order valence-corrected chi connectivity index (χ4v) is 2.73. The number of benzene rings is 2. The molecule has 0 saturated carbocycles. The molecule has 0 unspecified atom stereocenters. The summed E-state index contributed by atoms with van der Waals surface area (Å²) < 4.78 is 27.5. The highest BCUT2D eigenvalue weighted by Gasteiger charge is 2.11. The molecule has 0 saturated heterocycles. The second kappa shape index (κ2) is 7.56. The maximum Gasteiger partial charge on any atom is 0.328 e. The van der Waals surface area contributed by atoms with Gasteiger partial charge in [-0.3, -0.25) is 4.28 Å². The van der Waals surface area contributed by atoms with Crippen molar-refractivity contribution in [2.24, 2.45) is 5.16 Å². The molecule has 0 amide bonds. The quantitative estimate of drug-likeness (QED) is 0.602. The van der Waals surface area contributed by atoms with Crippen molar-refractivity contribution in [2.45, 2.75) is 13.3 Å². The monoisotopic (exact) mass is 328 g/mol. The molecule has 2 rings (SSSR count). The van der Waals surface area contributed by atoms with E-state index in [-0.39, 0.29) is 11.5 Å². The second-order valence-electron chi connectivity index (χ2n) is 4.83. The zero-order chi connectivity index (χ0) is 16.7. The molecule has 23 heavy (non-hydrogen) atoms. The first kappa shape index (κ1) is 16.7. The van der Waals surface area contributed by atoms with Crippen LogP contribution in [0.4, 0.5) is 0 Å². The molecular weight excluding hydrogens is 312 g/mol. The van der Waals surface area contributed by atoms with Gasteiger partial charge in [0.15, 0.2) is 5.71 Å². The van der Waals surface area contributed by atoms with Crippen LogP contribution in [-0.2, 0) is 14.4 Å². The molecule has 0 N–H and O–H groups in total. The van der Waals surface area contributed by atoms with Gasteiger partial charge in [-0.15, -0.1) is 0 Å². The van der Waals surface area contributed by atoms with E-state index in [0.29, 0.717) is 12.0 Å². The van der Waals surface area contributed by atoms with Gasteiger partial charge >= 0.3 is 10.1 Å². The Morgan fingerprint density at radius 1 is 1.09 bits per heavy atom. The van der Waals surface area contributed by atoms with Crippen molar-refractivity contribution in [1.82, 2.24) is 0 Å². The highest BCUT2D eigenvalue weighted by molar-refractivity contribution is 7.86. The van der Waals surface area contributed by atoms with Crippen LogP contribution >= 0.6 is 0 Å². The summed E-state index contributed by atoms with van der Waals surface area (Å²) in [6.45, 7) is 1.72. The Labute approximate surface area is 136 Å². The molecule has 0 heterocycles. The molecule has 0 aromatic heterocycles. The SMILES string of the molecule is CCCS(=O)(=O)ON=C(C#N)c1ccc(-c2ccccc2)cc1. The maximum absolute atomic E-state index is 11.5. The van der Waals surface area contributed by atoms with Crippen molar-refractivity contribution in [3.8, 4) is 17.2 Å². The van der Waals surface area contributed by atoms with Crippen LogP contribution in [0, 0.1) is 11.3 Å². The Bertz CT molecular complexity index is 820. The number of hydrogen-bond donors (Lipinski definition) is 0. The average molecular weight is 328 g/mol. The molecule has 0 aliphatic rings. The fraction of sp³-hybridized carbons (Fsp3) is 0.176. The Kier molecular flexibility index (Phi) is 5.50. The second-order valence-corrected chi connectivity index (χ2v) is 6.50. The van der Waals surface area contributed by atoms with Gasteiger partial charge in [-0.1, -0.05) is 66.7 Å². The van der Waals surface area contributed by atoms with Gasteiger partial charge in [0.25, 0.3) is 0 Å². The van der Waals surface area contributed by atoms with Gasteiger partial charge in [0.05, 0.1) is 5.75 Å². The van der Waals surface area contributed by atoms with Crippen molar-refractivity contribution in [3.05, 3.63) is 60.2 Å². The summed E-state index contributed by atoms with van der Waals surface area (Å²) in [7, 11) is -3.73. The van der Waals surface area contributed by atoms with Gasteiger partial charge < -0.3 is 0 Å². The van der Waals surface area contributed by atoms with E-state index in [9.17, 15) is 8.42 Å². The third-order valence-electron chi connectivity index (χ3n) is 3.07. The van der Waals surface area contributed by atoms with Crippen LogP contribution in [-0.4, -0.2) is 19.9 Å². The van der Waals surface area contributed by atoms with Gasteiger partial charge in [-0.05, 0) is 17.5 Å². The van der Waals surface area contributed by atoms with E-state index < -0.39 is 10.1 Å². The predicted molar refractivity (Wildman–Crippen MR) is 89.2 cm³/mol. The molecule has 0 bridgehead atoms. The summed E-state index contributed by atoms with van der Waals surface area (Å²) in [5.74, 6) is -0.137. The molecule has 2 aromatic carbocycles. The van der Waals surface area contributed by atoms with E-state index in [0.717, 1.165) is 11.1 Å². The van der Waals surface area contributed by atoms with E-state index in [4.69, 9.17) is 5.26 Å². The zero-order valence-electron chi connectivity index (χ0n) is 12.6. The van der Waals surface area contributed by atoms with E-state index in [1.54, 1.807) is 19.1 Å². The summed E-state index contributed by atoms with van der Waals surface area (Å²) in [6, 6.07) is 18.7. The van der Waals surface area contributed by atoms with Crippen LogP contribution in [0.1, 0.15) is 18.9 Å². The normalized spacial score (nSPS) is 11.7. The lowest BCUT2D eigenvalue weighted by Gasteiger charge is -2.03. The van der Waals surface area contributed by atoms with Crippen molar-refractivity contribution >= 4 is 15.8 Å². The number of rotatable bonds is 6. The number of hydrogen-bond acceptors (Lipinski definition) is 5. The predicted octanol–water partition coefficient (Wildman–Crippen LogP) is 3.34. The van der Waals surface area contributed by atoms with Gasteiger partial charge in [0.2, 0.25) is 0 Å². The molecule has 118 valence electrons. The molecule has 0 spiro atoms. The first-order chi connectivity index (χ1) is 11.1. The Balaban J connectivity index is 2.21. The van der Waals surface area contributed by atoms with Crippen molar-refractivity contribution in [3.63, 3.8) is 0 Å². The van der Waals surface area contributed by atoms with Crippen LogP contribution < -0.4 is 0 Å². The van der Waals surface area contributed by atoms with Gasteiger partial charge in [0.1, 0.15) is 6.07 Å². The van der Waals surface area contributed by atoms with E-state index in [2.05, 4.69) is 9.44 Å². The molecule has 5 nitrogen and oxygen atoms in total. The van der Waals surface area contributed by atoms with Crippen molar-refractivity contribution in [1.29, 1.82) is 5.26 Å². The molecule has 2 aromatic rings. The largest absolute Gasteiger partial charge is 0.328 e. The third-order valence-corrected chi connectivity index (χ3v) is 4.28.